The number of ether oxygens (including phenoxy) is 1. The van der Waals surface area contributed by atoms with Gasteiger partial charge in [0.1, 0.15) is 12.0 Å². The zero-order valence-electron chi connectivity index (χ0n) is 9.45. The fraction of sp³-hybridized carbons (Fsp3) is 0.600. The Morgan fingerprint density at radius 3 is 2.60 bits per heavy atom. The van der Waals surface area contributed by atoms with E-state index in [4.69, 9.17) is 10.5 Å². The summed E-state index contributed by atoms with van der Waals surface area (Å²) in [5, 5.41) is 3.27. The summed E-state index contributed by atoms with van der Waals surface area (Å²) >= 11 is 0. The number of hydrogen-bond donors (Lipinski definition) is 2. The summed E-state index contributed by atoms with van der Waals surface area (Å²) in [7, 11) is 1.54. The lowest BCUT2D eigenvalue weighted by Gasteiger charge is -2.17. The molecule has 5 heteroatoms. The second-order valence-corrected chi connectivity index (χ2v) is 3.30. The molecule has 0 atom stereocenters. The lowest BCUT2D eigenvalue weighted by Crippen LogP contribution is -2.19. The third-order valence-corrected chi connectivity index (χ3v) is 2.37. The smallest absolute Gasteiger partial charge is 0.242 e. The van der Waals surface area contributed by atoms with Gasteiger partial charge in [0.2, 0.25) is 5.88 Å². The van der Waals surface area contributed by atoms with E-state index < -0.39 is 0 Å². The molecule has 0 aromatic carbocycles. The van der Waals surface area contributed by atoms with Crippen molar-refractivity contribution in [3.63, 3.8) is 0 Å². The van der Waals surface area contributed by atoms with Gasteiger partial charge in [-0.25, -0.2) is 4.98 Å². The predicted molar refractivity (Wildman–Crippen MR) is 61.0 cm³/mol. The van der Waals surface area contributed by atoms with Crippen LogP contribution >= 0.6 is 0 Å². The van der Waals surface area contributed by atoms with E-state index in [0.29, 0.717) is 23.4 Å². The van der Waals surface area contributed by atoms with Crippen LogP contribution in [0, 0.1) is 0 Å². The summed E-state index contributed by atoms with van der Waals surface area (Å²) < 4.78 is 5.02. The molecule has 0 aliphatic heterocycles. The maximum absolute atomic E-state index is 5.84. The molecule has 0 aliphatic rings. The summed E-state index contributed by atoms with van der Waals surface area (Å²) in [4.78, 5) is 8.01. The number of hydrogen-bond acceptors (Lipinski definition) is 5. The van der Waals surface area contributed by atoms with E-state index in [1.54, 1.807) is 7.11 Å². The van der Waals surface area contributed by atoms with Crippen LogP contribution in [0.3, 0.4) is 0 Å². The van der Waals surface area contributed by atoms with E-state index in [-0.39, 0.29) is 0 Å². The number of nitrogen functional groups attached to an aromatic ring is 1. The Hall–Kier alpha value is -1.52. The van der Waals surface area contributed by atoms with Crippen molar-refractivity contribution in [3.8, 4) is 5.88 Å². The van der Waals surface area contributed by atoms with Crippen LogP contribution in [0.4, 0.5) is 11.5 Å². The van der Waals surface area contributed by atoms with Crippen LogP contribution in [-0.4, -0.2) is 23.1 Å². The molecular weight excluding hydrogens is 192 g/mol. The number of rotatable bonds is 5. The highest BCUT2D eigenvalue weighted by Gasteiger charge is 2.10. The van der Waals surface area contributed by atoms with Gasteiger partial charge in [-0.05, 0) is 12.8 Å². The Labute approximate surface area is 90.1 Å². The molecule has 1 heterocycles. The molecule has 0 saturated heterocycles. The van der Waals surface area contributed by atoms with Crippen molar-refractivity contribution in [2.24, 2.45) is 0 Å². The molecule has 0 aliphatic carbocycles. The zero-order valence-corrected chi connectivity index (χ0v) is 9.45. The molecule has 0 spiro atoms. The van der Waals surface area contributed by atoms with Gasteiger partial charge in [0.25, 0.3) is 0 Å². The quantitative estimate of drug-likeness (QED) is 0.773. The average molecular weight is 210 g/mol. The number of nitrogens with two attached hydrogens (primary N) is 1. The highest BCUT2D eigenvalue weighted by molar-refractivity contribution is 5.66. The number of aromatic nitrogens is 2. The summed E-state index contributed by atoms with van der Waals surface area (Å²) in [5.74, 6) is 1.06. The molecule has 15 heavy (non-hydrogen) atoms. The van der Waals surface area contributed by atoms with E-state index in [0.717, 1.165) is 12.8 Å². The first-order valence-electron chi connectivity index (χ1n) is 5.13. The Morgan fingerprint density at radius 2 is 2.07 bits per heavy atom. The fourth-order valence-corrected chi connectivity index (χ4v) is 1.34. The maximum atomic E-state index is 5.84. The molecule has 0 saturated carbocycles. The van der Waals surface area contributed by atoms with E-state index in [1.165, 1.54) is 6.33 Å². The van der Waals surface area contributed by atoms with Gasteiger partial charge in [-0.2, -0.15) is 4.98 Å². The first-order valence-corrected chi connectivity index (χ1v) is 5.13. The van der Waals surface area contributed by atoms with Crippen molar-refractivity contribution in [2.45, 2.75) is 32.7 Å². The predicted octanol–water partition coefficient (Wildman–Crippen LogP) is 1.67. The number of nitrogens with zero attached hydrogens (tertiary/aromatic N) is 2. The SMILES string of the molecule is CCC(CC)Nc1ncnc(OC)c1N. The first-order chi connectivity index (χ1) is 7.22. The van der Waals surface area contributed by atoms with Crippen LogP contribution < -0.4 is 15.8 Å². The van der Waals surface area contributed by atoms with Crippen LogP contribution in [0.5, 0.6) is 5.88 Å². The van der Waals surface area contributed by atoms with Gasteiger partial charge >= 0.3 is 0 Å². The molecule has 1 aromatic rings. The summed E-state index contributed by atoms with van der Waals surface area (Å²) in [6.45, 7) is 4.24. The maximum Gasteiger partial charge on any atom is 0.242 e. The molecule has 1 rings (SSSR count). The number of methoxy groups -OCH3 is 1. The van der Waals surface area contributed by atoms with E-state index >= 15 is 0 Å². The van der Waals surface area contributed by atoms with Crippen molar-refractivity contribution in [1.29, 1.82) is 0 Å². The van der Waals surface area contributed by atoms with Gasteiger partial charge in [0.05, 0.1) is 7.11 Å². The van der Waals surface area contributed by atoms with Gasteiger partial charge in [-0.3, -0.25) is 0 Å². The Balaban J connectivity index is 2.85. The molecule has 84 valence electrons. The highest BCUT2D eigenvalue weighted by Crippen LogP contribution is 2.25. The Kier molecular flexibility index (Phi) is 4.15. The molecule has 0 bridgehead atoms. The topological polar surface area (TPSA) is 73.1 Å². The van der Waals surface area contributed by atoms with Crippen LogP contribution in [-0.2, 0) is 0 Å². The second kappa shape index (κ2) is 5.38. The number of nitrogens with one attached hydrogen (secondary N) is 1. The standard InChI is InChI=1S/C10H18N4O/c1-4-7(5-2)14-9-8(11)10(15-3)13-6-12-9/h6-7H,4-5,11H2,1-3H3,(H,12,13,14). The molecule has 0 radical (unpaired) electrons. The van der Waals surface area contributed by atoms with Crippen molar-refractivity contribution >= 4 is 11.5 Å². The first kappa shape index (κ1) is 11.6. The largest absolute Gasteiger partial charge is 0.479 e. The molecule has 0 fully saturated rings. The monoisotopic (exact) mass is 210 g/mol. The van der Waals surface area contributed by atoms with Crippen LogP contribution in [0.15, 0.2) is 6.33 Å². The molecule has 5 nitrogen and oxygen atoms in total. The lowest BCUT2D eigenvalue weighted by molar-refractivity contribution is 0.399. The van der Waals surface area contributed by atoms with Crippen molar-refractivity contribution < 1.29 is 4.74 Å². The summed E-state index contributed by atoms with van der Waals surface area (Å²) in [6, 6.07) is 0.381. The van der Waals surface area contributed by atoms with Crippen molar-refractivity contribution in [2.75, 3.05) is 18.2 Å². The fourth-order valence-electron chi connectivity index (χ4n) is 1.34. The van der Waals surface area contributed by atoms with E-state index in [2.05, 4.69) is 29.1 Å². The van der Waals surface area contributed by atoms with E-state index in [9.17, 15) is 0 Å². The third kappa shape index (κ3) is 2.71. The average Bonchev–Trinajstić information content (AvgIpc) is 2.28. The summed E-state index contributed by atoms with van der Waals surface area (Å²) in [5.41, 5.74) is 6.30. The highest BCUT2D eigenvalue weighted by atomic mass is 16.5. The molecule has 3 N–H and O–H groups in total. The van der Waals surface area contributed by atoms with Crippen molar-refractivity contribution in [1.82, 2.24) is 9.97 Å². The van der Waals surface area contributed by atoms with Crippen LogP contribution in [0.2, 0.25) is 0 Å². The molecule has 0 unspecified atom stereocenters. The Morgan fingerprint density at radius 1 is 1.40 bits per heavy atom. The molecule has 0 amide bonds. The van der Waals surface area contributed by atoms with Crippen LogP contribution in [0.1, 0.15) is 26.7 Å². The minimum atomic E-state index is 0.381. The summed E-state index contributed by atoms with van der Waals surface area (Å²) in [6.07, 6.45) is 3.50. The minimum Gasteiger partial charge on any atom is -0.479 e. The van der Waals surface area contributed by atoms with Gasteiger partial charge in [-0.15, -0.1) is 0 Å². The van der Waals surface area contributed by atoms with Gasteiger partial charge in [0.15, 0.2) is 5.82 Å². The molecule has 1 aromatic heterocycles. The van der Waals surface area contributed by atoms with Gasteiger partial charge in [0, 0.05) is 6.04 Å². The normalized spacial score (nSPS) is 10.4. The third-order valence-electron chi connectivity index (χ3n) is 2.37. The zero-order chi connectivity index (χ0) is 11.3. The van der Waals surface area contributed by atoms with Gasteiger partial charge < -0.3 is 15.8 Å². The minimum absolute atomic E-state index is 0.381. The Bertz CT molecular complexity index is 312. The van der Waals surface area contributed by atoms with Crippen LogP contribution in [0.25, 0.3) is 0 Å². The molecular formula is C10H18N4O. The van der Waals surface area contributed by atoms with E-state index in [1.807, 2.05) is 0 Å². The van der Waals surface area contributed by atoms with Gasteiger partial charge in [-0.1, -0.05) is 13.8 Å². The second-order valence-electron chi connectivity index (χ2n) is 3.30. The lowest BCUT2D eigenvalue weighted by atomic mass is 10.2. The number of anilines is 2. The van der Waals surface area contributed by atoms with Crippen molar-refractivity contribution in [3.05, 3.63) is 6.33 Å².